The van der Waals surface area contributed by atoms with Gasteiger partial charge in [0, 0.05) is 25.2 Å². The number of nitrogens with two attached hydrogens (primary N) is 1. The molecule has 1 heterocycles. The van der Waals surface area contributed by atoms with Crippen LogP contribution < -0.4 is 5.73 Å². The molecule has 4 nitrogen and oxygen atoms in total. The molecule has 4 heteroatoms. The summed E-state index contributed by atoms with van der Waals surface area (Å²) in [5, 5.41) is 0. The van der Waals surface area contributed by atoms with E-state index in [0.29, 0.717) is 5.92 Å². The van der Waals surface area contributed by atoms with Crippen LogP contribution in [0, 0.1) is 5.92 Å². The van der Waals surface area contributed by atoms with Gasteiger partial charge in [0.05, 0.1) is 5.54 Å². The lowest BCUT2D eigenvalue weighted by molar-refractivity contribution is -0.138. The zero-order valence-electron chi connectivity index (χ0n) is 12.1. The number of likely N-dealkylation sites (tertiary alicyclic amines) is 1. The van der Waals surface area contributed by atoms with Gasteiger partial charge in [-0.1, -0.05) is 13.8 Å². The van der Waals surface area contributed by atoms with Crippen molar-refractivity contribution in [1.29, 1.82) is 0 Å². The molecule has 0 bridgehead atoms. The molecular weight excluding hydrogens is 214 g/mol. The normalized spacial score (nSPS) is 20.7. The van der Waals surface area contributed by atoms with Gasteiger partial charge in [-0.2, -0.15) is 0 Å². The first kappa shape index (κ1) is 14.5. The second-order valence-corrected chi connectivity index (χ2v) is 6.54. The highest BCUT2D eigenvalue weighted by Gasteiger charge is 2.48. The van der Waals surface area contributed by atoms with Gasteiger partial charge in [0.15, 0.2) is 0 Å². The van der Waals surface area contributed by atoms with Gasteiger partial charge in [-0.3, -0.25) is 14.6 Å². The summed E-state index contributed by atoms with van der Waals surface area (Å²) >= 11 is 0. The molecule has 1 amide bonds. The fourth-order valence-corrected chi connectivity index (χ4v) is 2.61. The third-order valence-corrected chi connectivity index (χ3v) is 4.00. The Morgan fingerprint density at radius 3 is 2.29 bits per heavy atom. The number of rotatable bonds is 5. The minimum atomic E-state index is -0.585. The van der Waals surface area contributed by atoms with Crippen molar-refractivity contribution in [3.8, 4) is 0 Å². The maximum absolute atomic E-state index is 11.5. The van der Waals surface area contributed by atoms with E-state index < -0.39 is 5.54 Å². The van der Waals surface area contributed by atoms with Gasteiger partial charge in [-0.05, 0) is 33.7 Å². The van der Waals surface area contributed by atoms with E-state index in [4.69, 9.17) is 5.73 Å². The lowest BCUT2D eigenvalue weighted by atomic mass is 9.85. The predicted molar refractivity (Wildman–Crippen MR) is 70.7 cm³/mol. The number of likely N-dealkylation sites (N-methyl/N-ethyl adjacent to an activating group) is 1. The number of hydrogen-bond donors (Lipinski definition) is 1. The lowest BCUT2D eigenvalue weighted by Gasteiger charge is -2.57. The molecule has 1 aliphatic heterocycles. The van der Waals surface area contributed by atoms with E-state index in [0.717, 1.165) is 19.6 Å². The highest BCUT2D eigenvalue weighted by molar-refractivity contribution is 5.83. The van der Waals surface area contributed by atoms with Crippen molar-refractivity contribution in [2.24, 2.45) is 11.7 Å². The molecule has 1 aliphatic rings. The molecule has 0 aromatic heterocycles. The molecule has 0 saturated carbocycles. The van der Waals surface area contributed by atoms with Crippen LogP contribution in [0.1, 0.15) is 34.6 Å². The standard InChI is InChI=1S/C13H27N3O/c1-10(2)7-16-8-13(5,9-16)15(6)12(3,4)11(14)17/h10H,7-9H2,1-6H3,(H2,14,17). The van der Waals surface area contributed by atoms with Crippen molar-refractivity contribution in [3.05, 3.63) is 0 Å². The SMILES string of the molecule is CC(C)CN1CC(C)(N(C)C(C)(C)C(N)=O)C1. The molecule has 0 aliphatic carbocycles. The summed E-state index contributed by atoms with van der Waals surface area (Å²) in [4.78, 5) is 16.0. The number of primary amides is 1. The van der Waals surface area contributed by atoms with Crippen molar-refractivity contribution >= 4 is 5.91 Å². The summed E-state index contributed by atoms with van der Waals surface area (Å²) in [5.41, 5.74) is 4.95. The second kappa shape index (κ2) is 4.58. The smallest absolute Gasteiger partial charge is 0.237 e. The maximum atomic E-state index is 11.5. The van der Waals surface area contributed by atoms with Crippen LogP contribution in [-0.2, 0) is 4.79 Å². The summed E-state index contributed by atoms with van der Waals surface area (Å²) in [6, 6.07) is 0. The van der Waals surface area contributed by atoms with Crippen LogP contribution in [0.5, 0.6) is 0 Å². The minimum absolute atomic E-state index is 0.0629. The Hall–Kier alpha value is -0.610. The van der Waals surface area contributed by atoms with E-state index >= 15 is 0 Å². The molecule has 0 radical (unpaired) electrons. The van der Waals surface area contributed by atoms with E-state index in [1.54, 1.807) is 0 Å². The van der Waals surface area contributed by atoms with Crippen LogP contribution in [0.2, 0.25) is 0 Å². The Labute approximate surface area is 105 Å². The number of hydrogen-bond acceptors (Lipinski definition) is 3. The van der Waals surface area contributed by atoms with Crippen molar-refractivity contribution in [1.82, 2.24) is 9.80 Å². The monoisotopic (exact) mass is 241 g/mol. The van der Waals surface area contributed by atoms with E-state index in [1.165, 1.54) is 0 Å². The Kier molecular flexibility index (Phi) is 3.89. The van der Waals surface area contributed by atoms with E-state index in [2.05, 4.69) is 30.6 Å². The molecule has 2 N–H and O–H groups in total. The van der Waals surface area contributed by atoms with Crippen LogP contribution in [0.25, 0.3) is 0 Å². The fraction of sp³-hybridized carbons (Fsp3) is 0.923. The van der Waals surface area contributed by atoms with Gasteiger partial charge >= 0.3 is 0 Å². The molecule has 0 aromatic rings. The van der Waals surface area contributed by atoms with Gasteiger partial charge in [0.2, 0.25) is 5.91 Å². The first-order valence-electron chi connectivity index (χ1n) is 6.36. The number of carbonyl (C=O) groups is 1. The minimum Gasteiger partial charge on any atom is -0.368 e. The highest BCUT2D eigenvalue weighted by Crippen LogP contribution is 2.32. The Balaban J connectivity index is 2.61. The first-order chi connectivity index (χ1) is 7.59. The van der Waals surface area contributed by atoms with E-state index in [1.807, 2.05) is 20.9 Å². The number of nitrogens with zero attached hydrogens (tertiary/aromatic N) is 2. The van der Waals surface area contributed by atoms with Crippen molar-refractivity contribution in [2.45, 2.75) is 45.7 Å². The Morgan fingerprint density at radius 2 is 1.94 bits per heavy atom. The van der Waals surface area contributed by atoms with Crippen LogP contribution in [-0.4, -0.2) is 53.5 Å². The lowest BCUT2D eigenvalue weighted by Crippen LogP contribution is -2.73. The molecule has 0 unspecified atom stereocenters. The summed E-state index contributed by atoms with van der Waals surface area (Å²) in [5.74, 6) is 0.428. The summed E-state index contributed by atoms with van der Waals surface area (Å²) in [6.45, 7) is 13.6. The summed E-state index contributed by atoms with van der Waals surface area (Å²) in [6.07, 6.45) is 0. The van der Waals surface area contributed by atoms with Gasteiger partial charge in [-0.15, -0.1) is 0 Å². The third-order valence-electron chi connectivity index (χ3n) is 4.00. The van der Waals surface area contributed by atoms with Crippen molar-refractivity contribution in [2.75, 3.05) is 26.7 Å². The van der Waals surface area contributed by atoms with Crippen LogP contribution in [0.3, 0.4) is 0 Å². The van der Waals surface area contributed by atoms with Gasteiger partial charge in [-0.25, -0.2) is 0 Å². The third kappa shape index (κ3) is 2.80. The molecule has 1 saturated heterocycles. The maximum Gasteiger partial charge on any atom is 0.237 e. The molecule has 0 aromatic carbocycles. The average Bonchev–Trinajstić information content (AvgIpc) is 2.12. The van der Waals surface area contributed by atoms with Gasteiger partial charge in [0.25, 0.3) is 0 Å². The molecule has 1 fully saturated rings. The largest absolute Gasteiger partial charge is 0.368 e. The van der Waals surface area contributed by atoms with Crippen LogP contribution in [0.4, 0.5) is 0 Å². The second-order valence-electron chi connectivity index (χ2n) is 6.54. The molecule has 100 valence electrons. The van der Waals surface area contributed by atoms with Gasteiger partial charge < -0.3 is 5.73 Å². The number of amides is 1. The van der Waals surface area contributed by atoms with Gasteiger partial charge in [0.1, 0.15) is 0 Å². The first-order valence-corrected chi connectivity index (χ1v) is 6.36. The zero-order valence-corrected chi connectivity index (χ0v) is 12.1. The fourth-order valence-electron chi connectivity index (χ4n) is 2.61. The molecular formula is C13H27N3O. The van der Waals surface area contributed by atoms with Crippen LogP contribution >= 0.6 is 0 Å². The zero-order chi connectivity index (χ0) is 13.4. The molecule has 0 atom stereocenters. The highest BCUT2D eigenvalue weighted by atomic mass is 16.1. The molecule has 17 heavy (non-hydrogen) atoms. The van der Waals surface area contributed by atoms with Crippen LogP contribution in [0.15, 0.2) is 0 Å². The predicted octanol–water partition coefficient (Wildman–Crippen LogP) is 0.912. The summed E-state index contributed by atoms with van der Waals surface area (Å²) in [7, 11) is 2.00. The van der Waals surface area contributed by atoms with Crippen molar-refractivity contribution < 1.29 is 4.79 Å². The molecule has 1 rings (SSSR count). The van der Waals surface area contributed by atoms with E-state index in [9.17, 15) is 4.79 Å². The Bertz CT molecular complexity index is 293. The van der Waals surface area contributed by atoms with Crippen molar-refractivity contribution in [3.63, 3.8) is 0 Å². The quantitative estimate of drug-likeness (QED) is 0.778. The Morgan fingerprint density at radius 1 is 1.47 bits per heavy atom. The molecule has 0 spiro atoms. The van der Waals surface area contributed by atoms with E-state index in [-0.39, 0.29) is 11.4 Å². The average molecular weight is 241 g/mol. The topological polar surface area (TPSA) is 49.6 Å². The number of carbonyl (C=O) groups excluding carboxylic acids is 1. The summed E-state index contributed by atoms with van der Waals surface area (Å²) < 4.78 is 0.